The number of ether oxygens (including phenoxy) is 1. The molecule has 2 N–H and O–H groups in total. The molecule has 0 unspecified atom stereocenters. The van der Waals surface area contributed by atoms with E-state index in [9.17, 15) is 4.79 Å². The summed E-state index contributed by atoms with van der Waals surface area (Å²) in [5, 5.41) is 11.9. The maximum absolute atomic E-state index is 11.1. The van der Waals surface area contributed by atoms with Gasteiger partial charge in [-0.15, -0.1) is 0 Å². The highest BCUT2D eigenvalue weighted by Gasteiger charge is 2.22. The number of carboxylic acids is 1. The van der Waals surface area contributed by atoms with Crippen LogP contribution in [0, 0.1) is 0 Å². The molecule has 0 bridgehead atoms. The average molecular weight is 292 g/mol. The second kappa shape index (κ2) is 5.69. The second-order valence-corrected chi connectivity index (χ2v) is 4.54. The molecule has 1 aliphatic heterocycles. The van der Waals surface area contributed by atoms with Crippen LogP contribution in [0.2, 0.25) is 10.4 Å². The Kier molecular flexibility index (Phi) is 4.21. The van der Waals surface area contributed by atoms with Gasteiger partial charge >= 0.3 is 5.97 Å². The first-order valence-corrected chi connectivity index (χ1v) is 6.14. The average Bonchev–Trinajstić information content (AvgIpc) is 2.28. The highest BCUT2D eigenvalue weighted by molar-refractivity contribution is 6.34. The number of anilines is 1. The summed E-state index contributed by atoms with van der Waals surface area (Å²) in [6.07, 6.45) is 1.55. The van der Waals surface area contributed by atoms with Gasteiger partial charge in [0.1, 0.15) is 11.4 Å². The van der Waals surface area contributed by atoms with Crippen molar-refractivity contribution in [3.8, 4) is 0 Å². The Balaban J connectivity index is 2.27. The lowest BCUT2D eigenvalue weighted by Crippen LogP contribution is -2.29. The maximum Gasteiger partial charge on any atom is 0.342 e. The third-order valence-corrected chi connectivity index (χ3v) is 3.06. The van der Waals surface area contributed by atoms with Gasteiger partial charge in [-0.2, -0.15) is 4.98 Å². The van der Waals surface area contributed by atoms with Crippen LogP contribution in [-0.4, -0.2) is 40.3 Å². The predicted molar refractivity (Wildman–Crippen MR) is 66.5 cm³/mol. The summed E-state index contributed by atoms with van der Waals surface area (Å²) in [6, 6.07) is 0.0962. The number of carbonyl (C=O) groups is 1. The van der Waals surface area contributed by atoms with Crippen molar-refractivity contribution in [3.63, 3.8) is 0 Å². The Labute approximate surface area is 113 Å². The van der Waals surface area contributed by atoms with Gasteiger partial charge in [0.15, 0.2) is 5.15 Å². The molecule has 0 saturated carbocycles. The number of nitrogens with zero attached hydrogens (tertiary/aromatic N) is 2. The lowest BCUT2D eigenvalue weighted by Gasteiger charge is -2.24. The smallest absolute Gasteiger partial charge is 0.342 e. The summed E-state index contributed by atoms with van der Waals surface area (Å²) in [6.45, 7) is 1.26. The minimum absolute atomic E-state index is 0.0837. The Hall–Kier alpha value is -1.11. The standard InChI is InChI=1S/C10H11Cl2N3O3/c11-7-6(9(16)17)8(15-10(12)14-7)13-5-1-3-18-4-2-5/h5H,1-4H2,(H,16,17)(H,13,14,15). The highest BCUT2D eigenvalue weighted by atomic mass is 35.5. The van der Waals surface area contributed by atoms with E-state index in [-0.39, 0.29) is 27.9 Å². The van der Waals surface area contributed by atoms with Gasteiger partial charge in [0, 0.05) is 19.3 Å². The van der Waals surface area contributed by atoms with Crippen molar-refractivity contribution in [1.29, 1.82) is 0 Å². The Morgan fingerprint density at radius 3 is 2.61 bits per heavy atom. The van der Waals surface area contributed by atoms with Crippen LogP contribution in [0.1, 0.15) is 23.2 Å². The quantitative estimate of drug-likeness (QED) is 0.655. The van der Waals surface area contributed by atoms with Crippen LogP contribution in [0.15, 0.2) is 0 Å². The van der Waals surface area contributed by atoms with E-state index in [0.29, 0.717) is 13.2 Å². The summed E-state index contributed by atoms with van der Waals surface area (Å²) in [7, 11) is 0. The van der Waals surface area contributed by atoms with Crippen LogP contribution < -0.4 is 5.32 Å². The van der Waals surface area contributed by atoms with Gasteiger partial charge in [-0.3, -0.25) is 0 Å². The van der Waals surface area contributed by atoms with E-state index < -0.39 is 5.97 Å². The number of hydrogen-bond acceptors (Lipinski definition) is 5. The van der Waals surface area contributed by atoms with E-state index in [1.807, 2.05) is 0 Å². The summed E-state index contributed by atoms with van der Waals surface area (Å²) >= 11 is 11.4. The number of halogens is 2. The fraction of sp³-hybridized carbons (Fsp3) is 0.500. The van der Waals surface area contributed by atoms with Gasteiger partial charge in [-0.1, -0.05) is 11.6 Å². The van der Waals surface area contributed by atoms with E-state index >= 15 is 0 Å². The van der Waals surface area contributed by atoms with Crippen molar-refractivity contribution < 1.29 is 14.6 Å². The Morgan fingerprint density at radius 2 is 2.00 bits per heavy atom. The fourth-order valence-electron chi connectivity index (χ4n) is 1.74. The predicted octanol–water partition coefficient (Wildman–Crippen LogP) is 2.07. The molecule has 8 heteroatoms. The number of hydrogen-bond donors (Lipinski definition) is 2. The van der Waals surface area contributed by atoms with Crippen LogP contribution in [-0.2, 0) is 4.74 Å². The molecule has 1 fully saturated rings. The molecule has 0 atom stereocenters. The van der Waals surface area contributed by atoms with Crippen molar-refractivity contribution >= 4 is 35.0 Å². The first-order chi connectivity index (χ1) is 8.58. The molecule has 98 valence electrons. The number of aromatic nitrogens is 2. The Morgan fingerprint density at radius 1 is 1.33 bits per heavy atom. The number of nitrogens with one attached hydrogen (secondary N) is 1. The molecule has 1 saturated heterocycles. The van der Waals surface area contributed by atoms with Crippen molar-refractivity contribution in [2.45, 2.75) is 18.9 Å². The fourth-order valence-corrected chi connectivity index (χ4v) is 2.20. The molecule has 0 amide bonds. The van der Waals surface area contributed by atoms with Gasteiger partial charge in [-0.25, -0.2) is 9.78 Å². The maximum atomic E-state index is 11.1. The molecule has 0 spiro atoms. The first-order valence-electron chi connectivity index (χ1n) is 5.38. The molecular formula is C10H11Cl2N3O3. The summed E-state index contributed by atoms with van der Waals surface area (Å²) in [5.41, 5.74) is -0.160. The van der Waals surface area contributed by atoms with Gasteiger partial charge in [-0.05, 0) is 24.4 Å². The number of aromatic carboxylic acids is 1. The van der Waals surface area contributed by atoms with Gasteiger partial charge in [0.05, 0.1) is 0 Å². The molecule has 18 heavy (non-hydrogen) atoms. The number of carboxylic acid groups (broad SMARTS) is 1. The SMILES string of the molecule is O=C(O)c1c(Cl)nc(Cl)nc1NC1CCOCC1. The second-order valence-electron chi connectivity index (χ2n) is 3.84. The van der Waals surface area contributed by atoms with Crippen molar-refractivity contribution in [3.05, 3.63) is 16.0 Å². The lowest BCUT2D eigenvalue weighted by molar-refractivity contribution is 0.0697. The topological polar surface area (TPSA) is 84.3 Å². The summed E-state index contributed by atoms with van der Waals surface area (Å²) < 4.78 is 5.22. The first kappa shape index (κ1) is 13.3. The van der Waals surface area contributed by atoms with E-state index in [1.165, 1.54) is 0 Å². The van der Waals surface area contributed by atoms with Crippen LogP contribution in [0.4, 0.5) is 5.82 Å². The largest absolute Gasteiger partial charge is 0.477 e. The van der Waals surface area contributed by atoms with Crippen molar-refractivity contribution in [2.24, 2.45) is 0 Å². The Bertz CT molecular complexity index is 464. The van der Waals surface area contributed by atoms with Gasteiger partial charge in [0.25, 0.3) is 0 Å². The van der Waals surface area contributed by atoms with E-state index in [1.54, 1.807) is 0 Å². The molecule has 0 radical (unpaired) electrons. The zero-order valence-corrected chi connectivity index (χ0v) is 10.8. The van der Waals surface area contributed by atoms with E-state index in [2.05, 4.69) is 15.3 Å². The zero-order chi connectivity index (χ0) is 13.1. The van der Waals surface area contributed by atoms with Crippen LogP contribution in [0.3, 0.4) is 0 Å². The molecule has 6 nitrogen and oxygen atoms in total. The van der Waals surface area contributed by atoms with Crippen LogP contribution in [0.5, 0.6) is 0 Å². The molecule has 2 rings (SSSR count). The molecule has 1 aliphatic rings. The van der Waals surface area contributed by atoms with Crippen molar-refractivity contribution in [1.82, 2.24) is 9.97 Å². The summed E-state index contributed by atoms with van der Waals surface area (Å²) in [5.74, 6) is -1.04. The third-order valence-electron chi connectivity index (χ3n) is 2.61. The van der Waals surface area contributed by atoms with E-state index in [4.69, 9.17) is 33.0 Å². The van der Waals surface area contributed by atoms with Crippen LogP contribution in [0.25, 0.3) is 0 Å². The van der Waals surface area contributed by atoms with E-state index in [0.717, 1.165) is 12.8 Å². The number of rotatable bonds is 3. The monoisotopic (exact) mass is 291 g/mol. The molecule has 0 aliphatic carbocycles. The third kappa shape index (κ3) is 3.01. The molecular weight excluding hydrogens is 281 g/mol. The minimum Gasteiger partial charge on any atom is -0.477 e. The minimum atomic E-state index is -1.19. The lowest BCUT2D eigenvalue weighted by atomic mass is 10.1. The zero-order valence-electron chi connectivity index (χ0n) is 9.32. The normalized spacial score (nSPS) is 16.6. The summed E-state index contributed by atoms with van der Waals surface area (Å²) in [4.78, 5) is 18.6. The highest BCUT2D eigenvalue weighted by Crippen LogP contribution is 2.25. The molecule has 1 aromatic heterocycles. The van der Waals surface area contributed by atoms with Crippen molar-refractivity contribution in [2.75, 3.05) is 18.5 Å². The molecule has 1 aromatic rings. The van der Waals surface area contributed by atoms with Gasteiger partial charge in [0.2, 0.25) is 5.28 Å². The van der Waals surface area contributed by atoms with Gasteiger partial charge < -0.3 is 15.2 Å². The van der Waals surface area contributed by atoms with Crippen LogP contribution >= 0.6 is 23.2 Å². The molecule has 0 aromatic carbocycles. The molecule has 2 heterocycles.